The van der Waals surface area contributed by atoms with Crippen molar-refractivity contribution in [3.8, 4) is 5.75 Å². The zero-order chi connectivity index (χ0) is 10.7. The van der Waals surface area contributed by atoms with E-state index >= 15 is 0 Å². The van der Waals surface area contributed by atoms with Gasteiger partial charge in [-0.15, -0.1) is 0 Å². The molecule has 2 rings (SSSR count). The lowest BCUT2D eigenvalue weighted by molar-refractivity contribution is 0.180. The minimum atomic E-state index is 0.134. The van der Waals surface area contributed by atoms with Crippen LogP contribution in [-0.4, -0.2) is 24.4 Å². The first-order chi connectivity index (χ1) is 7.25. The van der Waals surface area contributed by atoms with Crippen LogP contribution in [0.15, 0.2) is 24.3 Å². The quantitative estimate of drug-likeness (QED) is 0.785. The Kier molecular flexibility index (Phi) is 3.23. The van der Waals surface area contributed by atoms with Crippen LogP contribution in [0.1, 0.15) is 12.0 Å². The van der Waals surface area contributed by atoms with Gasteiger partial charge in [0.15, 0.2) is 0 Å². The lowest BCUT2D eigenvalue weighted by atomic mass is 9.94. The van der Waals surface area contributed by atoms with Gasteiger partial charge in [-0.25, -0.2) is 0 Å². The number of benzene rings is 1. The summed E-state index contributed by atoms with van der Waals surface area (Å²) in [5.41, 5.74) is 7.19. The molecule has 1 aromatic carbocycles. The van der Waals surface area contributed by atoms with Crippen LogP contribution in [0.5, 0.6) is 5.75 Å². The summed E-state index contributed by atoms with van der Waals surface area (Å²) in [5, 5.41) is 9.33. The summed E-state index contributed by atoms with van der Waals surface area (Å²) in [5.74, 6) is 0.773. The summed E-state index contributed by atoms with van der Waals surface area (Å²) in [6.07, 6.45) is 1.86. The smallest absolute Gasteiger partial charge is 0.115 e. The molecule has 0 amide bonds. The first kappa shape index (κ1) is 10.5. The Hall–Kier alpha value is -1.06. The normalized spacial score (nSPS) is 22.9. The molecule has 3 nitrogen and oxygen atoms in total. The third-order valence-corrected chi connectivity index (χ3v) is 2.95. The maximum Gasteiger partial charge on any atom is 0.115 e. The van der Waals surface area contributed by atoms with E-state index in [4.69, 9.17) is 10.5 Å². The molecule has 1 heterocycles. The molecule has 0 aromatic heterocycles. The summed E-state index contributed by atoms with van der Waals surface area (Å²) >= 11 is 0. The van der Waals surface area contributed by atoms with Crippen LogP contribution in [0.3, 0.4) is 0 Å². The highest BCUT2D eigenvalue weighted by molar-refractivity contribution is 5.27. The predicted octanol–water partition coefficient (Wildman–Crippen LogP) is 1.30. The molecule has 1 aromatic rings. The monoisotopic (exact) mass is 207 g/mol. The van der Waals surface area contributed by atoms with Crippen molar-refractivity contribution in [2.75, 3.05) is 13.2 Å². The van der Waals surface area contributed by atoms with Crippen molar-refractivity contribution in [1.29, 1.82) is 0 Å². The molecule has 1 fully saturated rings. The average molecular weight is 207 g/mol. The second-order valence-corrected chi connectivity index (χ2v) is 4.16. The van der Waals surface area contributed by atoms with E-state index in [9.17, 15) is 5.11 Å². The Bertz CT molecular complexity index is 321. The van der Waals surface area contributed by atoms with Gasteiger partial charge in [-0.1, -0.05) is 12.1 Å². The third kappa shape index (κ3) is 2.70. The fourth-order valence-corrected chi connectivity index (χ4v) is 2.01. The average Bonchev–Trinajstić information content (AvgIpc) is 2.70. The number of ether oxygens (including phenoxy) is 1. The Labute approximate surface area is 89.9 Å². The molecule has 2 atom stereocenters. The molecule has 0 aliphatic carbocycles. The van der Waals surface area contributed by atoms with E-state index in [1.54, 1.807) is 12.1 Å². The van der Waals surface area contributed by atoms with Crippen molar-refractivity contribution in [2.45, 2.75) is 18.9 Å². The van der Waals surface area contributed by atoms with Gasteiger partial charge in [0.1, 0.15) is 5.75 Å². The maximum atomic E-state index is 9.33. The molecule has 0 radical (unpaired) electrons. The van der Waals surface area contributed by atoms with Crippen LogP contribution in [0.2, 0.25) is 0 Å². The van der Waals surface area contributed by atoms with Gasteiger partial charge in [-0.05, 0) is 36.5 Å². The second-order valence-electron chi connectivity index (χ2n) is 4.16. The Balaban J connectivity index is 1.95. The topological polar surface area (TPSA) is 55.5 Å². The molecule has 0 bridgehead atoms. The second kappa shape index (κ2) is 4.64. The zero-order valence-corrected chi connectivity index (χ0v) is 8.73. The standard InChI is InChI=1S/C12H17NO2/c13-12(10-4-5-15-8-10)7-9-2-1-3-11(14)6-9/h1-3,6,10,12,14H,4-5,7-8,13H2. The molecular weight excluding hydrogens is 190 g/mol. The van der Waals surface area contributed by atoms with Crippen molar-refractivity contribution >= 4 is 0 Å². The lowest BCUT2D eigenvalue weighted by Crippen LogP contribution is -2.32. The van der Waals surface area contributed by atoms with E-state index in [-0.39, 0.29) is 6.04 Å². The van der Waals surface area contributed by atoms with Gasteiger partial charge in [0, 0.05) is 12.6 Å². The Morgan fingerprint density at radius 1 is 1.53 bits per heavy atom. The molecule has 3 N–H and O–H groups in total. The highest BCUT2D eigenvalue weighted by Crippen LogP contribution is 2.19. The van der Waals surface area contributed by atoms with Crippen LogP contribution in [-0.2, 0) is 11.2 Å². The molecule has 15 heavy (non-hydrogen) atoms. The van der Waals surface area contributed by atoms with Crippen LogP contribution in [0, 0.1) is 5.92 Å². The fraction of sp³-hybridized carbons (Fsp3) is 0.500. The van der Waals surface area contributed by atoms with Gasteiger partial charge in [-0.2, -0.15) is 0 Å². The van der Waals surface area contributed by atoms with E-state index in [0.29, 0.717) is 11.7 Å². The third-order valence-electron chi connectivity index (χ3n) is 2.95. The van der Waals surface area contributed by atoms with Gasteiger partial charge in [0.05, 0.1) is 6.61 Å². The number of rotatable bonds is 3. The van der Waals surface area contributed by atoms with Gasteiger partial charge in [-0.3, -0.25) is 0 Å². The Morgan fingerprint density at radius 2 is 2.40 bits per heavy atom. The number of aromatic hydroxyl groups is 1. The zero-order valence-electron chi connectivity index (χ0n) is 8.73. The highest BCUT2D eigenvalue weighted by atomic mass is 16.5. The summed E-state index contributed by atoms with van der Waals surface area (Å²) < 4.78 is 5.31. The van der Waals surface area contributed by atoms with Crippen molar-refractivity contribution in [3.63, 3.8) is 0 Å². The van der Waals surface area contributed by atoms with Gasteiger partial charge in [0.2, 0.25) is 0 Å². The molecule has 82 valence electrons. The highest BCUT2D eigenvalue weighted by Gasteiger charge is 2.22. The maximum absolute atomic E-state index is 9.33. The molecule has 3 heteroatoms. The minimum Gasteiger partial charge on any atom is -0.508 e. The molecule has 2 unspecified atom stereocenters. The number of nitrogens with two attached hydrogens (primary N) is 1. The van der Waals surface area contributed by atoms with Crippen molar-refractivity contribution in [1.82, 2.24) is 0 Å². The summed E-state index contributed by atoms with van der Waals surface area (Å²) in [6, 6.07) is 7.43. The van der Waals surface area contributed by atoms with Gasteiger partial charge in [0.25, 0.3) is 0 Å². The molecular formula is C12H17NO2. The van der Waals surface area contributed by atoms with Gasteiger partial charge >= 0.3 is 0 Å². The number of hydrogen-bond donors (Lipinski definition) is 2. The van der Waals surface area contributed by atoms with E-state index in [1.165, 1.54) is 0 Å². The van der Waals surface area contributed by atoms with Crippen LogP contribution >= 0.6 is 0 Å². The SMILES string of the molecule is NC(Cc1cccc(O)c1)C1CCOC1. The molecule has 0 saturated carbocycles. The minimum absolute atomic E-state index is 0.134. The van der Waals surface area contributed by atoms with Gasteiger partial charge < -0.3 is 15.6 Å². The molecule has 0 spiro atoms. The van der Waals surface area contributed by atoms with Crippen molar-refractivity contribution in [3.05, 3.63) is 29.8 Å². The van der Waals surface area contributed by atoms with E-state index in [1.807, 2.05) is 12.1 Å². The number of hydrogen-bond acceptors (Lipinski definition) is 3. The summed E-state index contributed by atoms with van der Waals surface area (Å²) in [4.78, 5) is 0. The lowest BCUT2D eigenvalue weighted by Gasteiger charge is -2.17. The van der Waals surface area contributed by atoms with Crippen molar-refractivity contribution in [2.24, 2.45) is 11.7 Å². The van der Waals surface area contributed by atoms with Crippen LogP contribution < -0.4 is 5.73 Å². The van der Waals surface area contributed by atoms with Crippen LogP contribution in [0.25, 0.3) is 0 Å². The molecule has 1 aliphatic rings. The number of phenols is 1. The van der Waals surface area contributed by atoms with Crippen molar-refractivity contribution < 1.29 is 9.84 Å². The van der Waals surface area contributed by atoms with E-state index in [2.05, 4.69) is 0 Å². The molecule has 1 saturated heterocycles. The molecule has 1 aliphatic heterocycles. The van der Waals surface area contributed by atoms with E-state index < -0.39 is 0 Å². The fourth-order valence-electron chi connectivity index (χ4n) is 2.01. The Morgan fingerprint density at radius 3 is 3.07 bits per heavy atom. The van der Waals surface area contributed by atoms with Crippen LogP contribution in [0.4, 0.5) is 0 Å². The van der Waals surface area contributed by atoms with E-state index in [0.717, 1.165) is 31.6 Å². The first-order valence-corrected chi connectivity index (χ1v) is 5.37. The predicted molar refractivity (Wildman–Crippen MR) is 58.7 cm³/mol. The first-order valence-electron chi connectivity index (χ1n) is 5.37. The number of phenolic OH excluding ortho intramolecular Hbond substituents is 1. The summed E-state index contributed by atoms with van der Waals surface area (Å²) in [7, 11) is 0. The summed E-state index contributed by atoms with van der Waals surface area (Å²) in [6.45, 7) is 1.61. The largest absolute Gasteiger partial charge is 0.508 e.